The molecule has 1 aliphatic heterocycles. The molecule has 2 heterocycles. The van der Waals surface area contributed by atoms with E-state index in [9.17, 15) is 13.2 Å². The number of nitrogens with one attached hydrogen (secondary N) is 1. The number of nitrogens with zero attached hydrogens (tertiary/aromatic N) is 2. The molecule has 134 valence electrons. The number of aromatic nitrogens is 1. The zero-order chi connectivity index (χ0) is 18.3. The second-order valence-electron chi connectivity index (χ2n) is 6.22. The molecule has 0 fully saturated rings. The Morgan fingerprint density at radius 3 is 2.65 bits per heavy atom. The van der Waals surface area contributed by atoms with Crippen LogP contribution in [0.5, 0.6) is 0 Å². The van der Waals surface area contributed by atoms with Gasteiger partial charge in [0.15, 0.2) is 0 Å². The van der Waals surface area contributed by atoms with E-state index < -0.39 is 16.1 Å². The first-order valence-corrected chi connectivity index (χ1v) is 9.96. The summed E-state index contributed by atoms with van der Waals surface area (Å²) < 4.78 is 30.9. The summed E-state index contributed by atoms with van der Waals surface area (Å²) in [5.74, 6) is -0.618. The largest absolute Gasteiger partial charge is 0.337 e. The van der Waals surface area contributed by atoms with Crippen molar-refractivity contribution in [2.75, 3.05) is 10.8 Å². The smallest absolute Gasteiger partial charge is 0.326 e. The van der Waals surface area contributed by atoms with Crippen LogP contribution in [-0.2, 0) is 23.2 Å². The predicted octanol–water partition coefficient (Wildman–Crippen LogP) is 2.70. The van der Waals surface area contributed by atoms with Crippen LogP contribution < -0.4 is 9.03 Å². The number of carbonyl (C=O) groups is 1. The van der Waals surface area contributed by atoms with Gasteiger partial charge in [0.25, 0.3) is 5.91 Å². The highest BCUT2D eigenvalue weighted by atomic mass is 32.2. The fourth-order valence-corrected chi connectivity index (χ4v) is 4.74. The molecule has 0 saturated heterocycles. The second kappa shape index (κ2) is 6.17. The fourth-order valence-electron chi connectivity index (χ4n) is 3.52. The summed E-state index contributed by atoms with van der Waals surface area (Å²) in [4.78, 5) is 12.7. The monoisotopic (exact) mass is 369 g/mol. The summed E-state index contributed by atoms with van der Waals surface area (Å²) in [6.07, 6.45) is 0.639. The minimum atomic E-state index is -3.96. The van der Waals surface area contributed by atoms with Gasteiger partial charge in [-0.15, -0.1) is 0 Å². The summed E-state index contributed by atoms with van der Waals surface area (Å²) >= 11 is 0. The van der Waals surface area contributed by atoms with Gasteiger partial charge < -0.3 is 4.57 Å². The molecule has 1 aliphatic rings. The van der Waals surface area contributed by atoms with Crippen LogP contribution in [0.15, 0.2) is 54.6 Å². The molecule has 7 heteroatoms. The van der Waals surface area contributed by atoms with E-state index in [1.165, 1.54) is 4.31 Å². The average Bonchev–Trinajstić information content (AvgIpc) is 3.23. The standard InChI is InChI=1S/C19H19N3O3S/c1-2-21-16-9-5-4-8-15(16)13-18(21)19(23)20-26(24,25)22-12-11-14-7-3-6-10-17(14)22/h3-10,13H,2,11-12H2,1H3,(H,20,23). The number of rotatable bonds is 4. The Kier molecular flexibility index (Phi) is 3.96. The number of benzene rings is 2. The van der Waals surface area contributed by atoms with Gasteiger partial charge in [0, 0.05) is 24.0 Å². The highest BCUT2D eigenvalue weighted by Crippen LogP contribution is 2.29. The lowest BCUT2D eigenvalue weighted by Gasteiger charge is -2.20. The van der Waals surface area contributed by atoms with E-state index in [1.54, 1.807) is 18.2 Å². The van der Waals surface area contributed by atoms with Crippen molar-refractivity contribution < 1.29 is 13.2 Å². The van der Waals surface area contributed by atoms with Gasteiger partial charge in [0.1, 0.15) is 5.69 Å². The lowest BCUT2D eigenvalue weighted by atomic mass is 10.2. The Morgan fingerprint density at radius 2 is 1.85 bits per heavy atom. The first-order valence-electron chi connectivity index (χ1n) is 8.52. The van der Waals surface area contributed by atoms with E-state index in [-0.39, 0.29) is 0 Å². The van der Waals surface area contributed by atoms with Gasteiger partial charge in [-0.3, -0.25) is 9.10 Å². The van der Waals surface area contributed by atoms with Crippen LogP contribution in [0.1, 0.15) is 23.0 Å². The minimum absolute atomic E-state index is 0.332. The third kappa shape index (κ3) is 2.64. The molecule has 6 nitrogen and oxygen atoms in total. The molecule has 0 aliphatic carbocycles. The molecule has 0 bridgehead atoms. The van der Waals surface area contributed by atoms with Crippen LogP contribution in [0.3, 0.4) is 0 Å². The van der Waals surface area contributed by atoms with Crippen LogP contribution >= 0.6 is 0 Å². The summed E-state index contributed by atoms with van der Waals surface area (Å²) in [5.41, 5.74) is 2.84. The third-order valence-electron chi connectivity index (χ3n) is 4.72. The van der Waals surface area contributed by atoms with Gasteiger partial charge in [0.2, 0.25) is 0 Å². The second-order valence-corrected chi connectivity index (χ2v) is 7.81. The summed E-state index contributed by atoms with van der Waals surface area (Å²) in [6, 6.07) is 16.7. The Morgan fingerprint density at radius 1 is 1.12 bits per heavy atom. The number of amides is 1. The topological polar surface area (TPSA) is 71.4 Å². The van der Waals surface area contributed by atoms with Crippen LogP contribution in [0.2, 0.25) is 0 Å². The van der Waals surface area contributed by atoms with E-state index in [4.69, 9.17) is 0 Å². The number of hydrogen-bond acceptors (Lipinski definition) is 3. The molecule has 0 radical (unpaired) electrons. The maximum atomic E-state index is 12.8. The Bertz CT molecular complexity index is 1100. The van der Waals surface area contributed by atoms with E-state index in [0.717, 1.165) is 16.5 Å². The van der Waals surface area contributed by atoms with Crippen molar-refractivity contribution in [1.29, 1.82) is 0 Å². The summed E-state index contributed by atoms with van der Waals surface area (Å²) in [7, 11) is -3.96. The number of aryl methyl sites for hydroxylation is 1. The van der Waals surface area contributed by atoms with Crippen molar-refractivity contribution in [2.45, 2.75) is 19.9 Å². The lowest BCUT2D eigenvalue weighted by Crippen LogP contribution is -2.43. The number of hydrogen-bond donors (Lipinski definition) is 1. The molecule has 1 amide bonds. The molecule has 26 heavy (non-hydrogen) atoms. The first-order chi connectivity index (χ1) is 12.5. The Hall–Kier alpha value is -2.80. The zero-order valence-corrected chi connectivity index (χ0v) is 15.2. The number of para-hydroxylation sites is 2. The molecular weight excluding hydrogens is 350 g/mol. The van der Waals surface area contributed by atoms with E-state index in [2.05, 4.69) is 4.72 Å². The maximum absolute atomic E-state index is 12.8. The van der Waals surface area contributed by atoms with Crippen LogP contribution in [0.4, 0.5) is 5.69 Å². The van der Waals surface area contributed by atoms with Crippen LogP contribution in [0.25, 0.3) is 10.9 Å². The average molecular weight is 369 g/mol. The van der Waals surface area contributed by atoms with Crippen molar-refractivity contribution in [3.8, 4) is 0 Å². The van der Waals surface area contributed by atoms with E-state index in [1.807, 2.05) is 47.9 Å². The van der Waals surface area contributed by atoms with E-state index in [0.29, 0.717) is 30.9 Å². The van der Waals surface area contributed by atoms with Crippen molar-refractivity contribution >= 4 is 32.7 Å². The third-order valence-corrected chi connectivity index (χ3v) is 6.12. The molecule has 0 atom stereocenters. The zero-order valence-electron chi connectivity index (χ0n) is 14.3. The normalized spacial score (nSPS) is 13.8. The van der Waals surface area contributed by atoms with Gasteiger partial charge in [-0.05, 0) is 37.1 Å². The molecule has 4 rings (SSSR count). The highest BCUT2D eigenvalue weighted by molar-refractivity contribution is 7.91. The van der Waals surface area contributed by atoms with Crippen molar-refractivity contribution in [1.82, 2.24) is 9.29 Å². The molecule has 1 N–H and O–H groups in total. The van der Waals surface area contributed by atoms with Gasteiger partial charge in [0.05, 0.1) is 5.69 Å². The minimum Gasteiger partial charge on any atom is -0.337 e. The fraction of sp³-hybridized carbons (Fsp3) is 0.211. The maximum Gasteiger partial charge on any atom is 0.326 e. The molecular formula is C19H19N3O3S. The summed E-state index contributed by atoms with van der Waals surface area (Å²) in [5, 5.41) is 0.906. The molecule has 2 aromatic carbocycles. The predicted molar refractivity (Wildman–Crippen MR) is 101 cm³/mol. The Balaban J connectivity index is 1.66. The summed E-state index contributed by atoms with van der Waals surface area (Å²) in [6.45, 7) is 2.83. The first kappa shape index (κ1) is 16.7. The van der Waals surface area contributed by atoms with Crippen molar-refractivity contribution in [3.63, 3.8) is 0 Å². The number of carbonyl (C=O) groups excluding carboxylic acids is 1. The van der Waals surface area contributed by atoms with Crippen LogP contribution in [0, 0.1) is 0 Å². The SMILES string of the molecule is CCn1c(C(=O)NS(=O)(=O)N2CCc3ccccc32)cc2ccccc21. The Labute approximate surface area is 152 Å². The molecule has 0 saturated carbocycles. The van der Waals surface area contributed by atoms with Gasteiger partial charge in [-0.1, -0.05) is 36.4 Å². The molecule has 0 spiro atoms. The highest BCUT2D eigenvalue weighted by Gasteiger charge is 2.31. The van der Waals surface area contributed by atoms with Gasteiger partial charge >= 0.3 is 10.2 Å². The number of fused-ring (bicyclic) bond motifs is 2. The van der Waals surface area contributed by atoms with Gasteiger partial charge in [-0.25, -0.2) is 4.72 Å². The van der Waals surface area contributed by atoms with Crippen molar-refractivity contribution in [2.24, 2.45) is 0 Å². The van der Waals surface area contributed by atoms with Gasteiger partial charge in [-0.2, -0.15) is 8.42 Å². The molecule has 1 aromatic heterocycles. The van der Waals surface area contributed by atoms with Crippen molar-refractivity contribution in [3.05, 3.63) is 65.9 Å². The lowest BCUT2D eigenvalue weighted by molar-refractivity contribution is 0.0973. The van der Waals surface area contributed by atoms with Crippen LogP contribution in [-0.4, -0.2) is 25.4 Å². The molecule has 3 aromatic rings. The number of anilines is 1. The van der Waals surface area contributed by atoms with E-state index >= 15 is 0 Å². The molecule has 0 unspecified atom stereocenters. The quantitative estimate of drug-likeness (QED) is 0.769.